The van der Waals surface area contributed by atoms with Crippen molar-refractivity contribution in [2.45, 2.75) is 38.8 Å². The first kappa shape index (κ1) is 21.9. The van der Waals surface area contributed by atoms with E-state index >= 15 is 0 Å². The molecule has 27 heavy (non-hydrogen) atoms. The lowest BCUT2D eigenvalue weighted by Gasteiger charge is -2.23. The van der Waals surface area contributed by atoms with Crippen LogP contribution in [0.25, 0.3) is 11.0 Å². The smallest absolute Gasteiger partial charge is 0.320 e. The summed E-state index contributed by atoms with van der Waals surface area (Å²) in [4.78, 5) is 16.9. The lowest BCUT2D eigenvalue weighted by Crippen LogP contribution is -2.35. The number of benzene rings is 1. The number of alkyl halides is 2. The molecule has 4 rings (SSSR count). The van der Waals surface area contributed by atoms with E-state index in [9.17, 15) is 13.6 Å². The van der Waals surface area contributed by atoms with Crippen LogP contribution in [-0.4, -0.2) is 28.5 Å². The predicted molar refractivity (Wildman–Crippen MR) is 105 cm³/mol. The Hall–Kier alpha value is -1.44. The number of aromatic nitrogens is 2. The molecule has 1 saturated carbocycles. The van der Waals surface area contributed by atoms with Gasteiger partial charge in [0.05, 0.1) is 17.1 Å². The van der Waals surface area contributed by atoms with E-state index in [0.29, 0.717) is 11.0 Å². The van der Waals surface area contributed by atoms with Crippen molar-refractivity contribution >= 4 is 41.8 Å². The van der Waals surface area contributed by atoms with Crippen molar-refractivity contribution in [3.8, 4) is 0 Å². The molecule has 2 heterocycles. The normalized spacial score (nSPS) is 21.4. The number of fused-ring (bicyclic) bond motifs is 1. The number of piperidine rings is 1. The van der Waals surface area contributed by atoms with Crippen LogP contribution in [0.5, 0.6) is 0 Å². The maximum absolute atomic E-state index is 13.5. The van der Waals surface area contributed by atoms with Gasteiger partial charge in [-0.15, -0.1) is 24.8 Å². The molecule has 2 unspecified atom stereocenters. The van der Waals surface area contributed by atoms with Gasteiger partial charge in [-0.3, -0.25) is 9.36 Å². The van der Waals surface area contributed by atoms with Crippen molar-refractivity contribution in [1.82, 2.24) is 20.2 Å². The van der Waals surface area contributed by atoms with E-state index in [4.69, 9.17) is 0 Å². The van der Waals surface area contributed by atoms with Crippen LogP contribution in [0.1, 0.15) is 44.6 Å². The van der Waals surface area contributed by atoms with E-state index in [0.717, 1.165) is 36.9 Å². The third kappa shape index (κ3) is 3.91. The van der Waals surface area contributed by atoms with Crippen LogP contribution in [0.2, 0.25) is 0 Å². The Kier molecular flexibility index (Phi) is 6.71. The van der Waals surface area contributed by atoms with Gasteiger partial charge in [0, 0.05) is 5.92 Å². The van der Waals surface area contributed by atoms with Gasteiger partial charge >= 0.3 is 6.55 Å². The second-order valence-electron chi connectivity index (χ2n) is 7.21. The van der Waals surface area contributed by atoms with E-state index in [2.05, 4.69) is 15.6 Å². The van der Waals surface area contributed by atoms with Crippen molar-refractivity contribution < 1.29 is 13.6 Å². The van der Waals surface area contributed by atoms with Crippen LogP contribution in [-0.2, 0) is 4.79 Å². The molecule has 1 aromatic heterocycles. The number of amides is 1. The average molecular weight is 421 g/mol. The van der Waals surface area contributed by atoms with Gasteiger partial charge < -0.3 is 10.6 Å². The Bertz CT molecular complexity index is 808. The second-order valence-corrected chi connectivity index (χ2v) is 7.21. The van der Waals surface area contributed by atoms with E-state index in [-0.39, 0.29) is 47.9 Å². The number of imidazole rings is 1. The fourth-order valence-corrected chi connectivity index (χ4v) is 4.15. The number of hydrogen-bond donors (Lipinski definition) is 2. The van der Waals surface area contributed by atoms with Crippen molar-refractivity contribution in [2.24, 2.45) is 11.3 Å². The molecule has 2 aromatic rings. The first-order chi connectivity index (χ1) is 12.0. The van der Waals surface area contributed by atoms with Crippen LogP contribution >= 0.6 is 24.8 Å². The Morgan fingerprint density at radius 3 is 2.63 bits per heavy atom. The Morgan fingerprint density at radius 1 is 1.30 bits per heavy atom. The molecule has 2 aliphatic rings. The Labute approximate surface area is 169 Å². The molecule has 0 bridgehead atoms. The molecule has 2 N–H and O–H groups in total. The molecular formula is C18H24Cl2F2N4O. The molecule has 1 aliphatic heterocycles. The lowest BCUT2D eigenvalue weighted by atomic mass is 9.91. The molecule has 0 radical (unpaired) electrons. The third-order valence-corrected chi connectivity index (χ3v) is 5.67. The average Bonchev–Trinajstić information content (AvgIpc) is 3.14. The molecule has 1 spiro atoms. The molecule has 1 saturated heterocycles. The van der Waals surface area contributed by atoms with E-state index in [1.165, 1.54) is 0 Å². The molecule has 2 atom stereocenters. The molecular weight excluding hydrogens is 397 g/mol. The number of hydrogen-bond acceptors (Lipinski definition) is 3. The van der Waals surface area contributed by atoms with Crippen LogP contribution in [0, 0.1) is 11.3 Å². The van der Waals surface area contributed by atoms with Crippen molar-refractivity contribution in [2.75, 3.05) is 13.1 Å². The summed E-state index contributed by atoms with van der Waals surface area (Å²) in [7, 11) is 0. The Morgan fingerprint density at radius 2 is 1.96 bits per heavy atom. The largest absolute Gasteiger partial charge is 0.346 e. The summed E-state index contributed by atoms with van der Waals surface area (Å²) in [5.74, 6) is 0.160. The van der Waals surface area contributed by atoms with Gasteiger partial charge in [0.15, 0.2) is 0 Å². The summed E-state index contributed by atoms with van der Waals surface area (Å²) in [6, 6.07) is 6.24. The van der Waals surface area contributed by atoms with Gasteiger partial charge in [-0.2, -0.15) is 8.78 Å². The zero-order chi connectivity index (χ0) is 17.6. The molecule has 1 aromatic carbocycles. The summed E-state index contributed by atoms with van der Waals surface area (Å²) in [5.41, 5.74) is 1.02. The number of carbonyl (C=O) groups excluding carboxylic acids is 1. The van der Waals surface area contributed by atoms with Crippen LogP contribution in [0.3, 0.4) is 0 Å². The molecule has 1 aliphatic carbocycles. The summed E-state index contributed by atoms with van der Waals surface area (Å²) >= 11 is 0. The van der Waals surface area contributed by atoms with Gasteiger partial charge in [0.2, 0.25) is 5.91 Å². The summed E-state index contributed by atoms with van der Waals surface area (Å²) in [6.45, 7) is 0.912. The van der Waals surface area contributed by atoms with Crippen LogP contribution in [0.15, 0.2) is 24.3 Å². The number of para-hydroxylation sites is 2. The molecule has 1 amide bonds. The van der Waals surface area contributed by atoms with Gasteiger partial charge in [-0.05, 0) is 56.8 Å². The zero-order valence-electron chi connectivity index (χ0n) is 15.0. The maximum atomic E-state index is 13.5. The lowest BCUT2D eigenvalue weighted by molar-refractivity contribution is -0.124. The molecule has 9 heteroatoms. The highest BCUT2D eigenvalue weighted by Gasteiger charge is 2.57. The minimum Gasteiger partial charge on any atom is -0.346 e. The Balaban J connectivity index is 0.00000131. The van der Waals surface area contributed by atoms with Crippen molar-refractivity contribution in [1.29, 1.82) is 0 Å². The fraction of sp³-hybridized carbons (Fsp3) is 0.556. The fourth-order valence-electron chi connectivity index (χ4n) is 4.15. The topological polar surface area (TPSA) is 59.0 Å². The van der Waals surface area contributed by atoms with Gasteiger partial charge in [0.1, 0.15) is 5.82 Å². The molecule has 2 fully saturated rings. The third-order valence-electron chi connectivity index (χ3n) is 5.67. The van der Waals surface area contributed by atoms with Gasteiger partial charge in [-0.1, -0.05) is 12.1 Å². The van der Waals surface area contributed by atoms with Gasteiger partial charge in [0.25, 0.3) is 0 Å². The quantitative estimate of drug-likeness (QED) is 0.789. The minimum absolute atomic E-state index is 0. The number of carbonyl (C=O) groups is 1. The van der Waals surface area contributed by atoms with E-state index in [1.54, 1.807) is 31.2 Å². The zero-order valence-corrected chi connectivity index (χ0v) is 16.6. The van der Waals surface area contributed by atoms with Crippen LogP contribution in [0.4, 0.5) is 8.78 Å². The highest BCUT2D eigenvalue weighted by Crippen LogP contribution is 2.58. The predicted octanol–water partition coefficient (Wildman–Crippen LogP) is 3.84. The SMILES string of the molecule is CC(NC(=O)C1CC12CCNCC2)c1nc2ccccc2n1C(F)F.Cl.Cl. The van der Waals surface area contributed by atoms with Gasteiger partial charge in [-0.25, -0.2) is 4.98 Å². The second kappa shape index (κ2) is 8.29. The number of nitrogens with one attached hydrogen (secondary N) is 2. The maximum Gasteiger partial charge on any atom is 0.320 e. The summed E-state index contributed by atoms with van der Waals surface area (Å²) < 4.78 is 28.0. The van der Waals surface area contributed by atoms with Crippen molar-refractivity contribution in [3.63, 3.8) is 0 Å². The first-order valence-corrected chi connectivity index (χ1v) is 8.78. The summed E-state index contributed by atoms with van der Waals surface area (Å²) in [5, 5.41) is 6.22. The number of nitrogens with zero attached hydrogens (tertiary/aromatic N) is 2. The molecule has 150 valence electrons. The highest BCUT2D eigenvalue weighted by atomic mass is 35.5. The number of halogens is 4. The highest BCUT2D eigenvalue weighted by molar-refractivity contribution is 5.85. The monoisotopic (exact) mass is 420 g/mol. The van der Waals surface area contributed by atoms with Crippen LogP contribution < -0.4 is 10.6 Å². The first-order valence-electron chi connectivity index (χ1n) is 8.78. The summed E-state index contributed by atoms with van der Waals surface area (Å²) in [6.07, 6.45) is 2.92. The minimum atomic E-state index is -2.70. The number of rotatable bonds is 4. The van der Waals surface area contributed by atoms with E-state index < -0.39 is 12.6 Å². The van der Waals surface area contributed by atoms with Crippen molar-refractivity contribution in [3.05, 3.63) is 30.1 Å². The molecule has 5 nitrogen and oxygen atoms in total. The van der Waals surface area contributed by atoms with E-state index in [1.807, 2.05) is 0 Å². The standard InChI is InChI=1S/C18H22F2N4O.2ClH/c1-11(22-16(25)12-10-18(12)6-8-21-9-7-18)15-23-13-4-2-3-5-14(13)24(15)17(19)20;;/h2-5,11-12,17,21H,6-10H2,1H3,(H,22,25);2*1H.